The summed E-state index contributed by atoms with van der Waals surface area (Å²) in [7, 11) is 1.52. The summed E-state index contributed by atoms with van der Waals surface area (Å²) in [4.78, 5) is 39.3. The molecule has 6 nitrogen and oxygen atoms in total. The highest BCUT2D eigenvalue weighted by molar-refractivity contribution is 5.99. The summed E-state index contributed by atoms with van der Waals surface area (Å²) in [6, 6.07) is 8.23. The third-order valence-corrected chi connectivity index (χ3v) is 5.02. The van der Waals surface area contributed by atoms with Crippen molar-refractivity contribution < 1.29 is 18.8 Å². The number of nitrogens with one attached hydrogen (secondary N) is 2. The zero-order valence-electron chi connectivity index (χ0n) is 18.9. The van der Waals surface area contributed by atoms with Gasteiger partial charge < -0.3 is 15.5 Å². The number of aryl methyl sites for hydroxylation is 3. The van der Waals surface area contributed by atoms with Crippen molar-refractivity contribution in [2.75, 3.05) is 18.9 Å². The molecule has 0 bridgehead atoms. The molecule has 0 aliphatic rings. The number of carbonyl (C=O) groups excluding carboxylic acids is 3. The van der Waals surface area contributed by atoms with Gasteiger partial charge in [0.25, 0.3) is 5.91 Å². The number of carbonyl (C=O) groups is 3. The molecule has 0 aliphatic heterocycles. The molecule has 2 aromatic rings. The van der Waals surface area contributed by atoms with Gasteiger partial charge in [-0.1, -0.05) is 31.5 Å². The fourth-order valence-electron chi connectivity index (χ4n) is 3.43. The van der Waals surface area contributed by atoms with Crippen LogP contribution in [0.15, 0.2) is 36.4 Å². The van der Waals surface area contributed by atoms with E-state index in [4.69, 9.17) is 0 Å². The molecule has 0 saturated heterocycles. The molecule has 0 heterocycles. The molecule has 0 spiro atoms. The van der Waals surface area contributed by atoms with Crippen molar-refractivity contribution in [3.63, 3.8) is 0 Å². The van der Waals surface area contributed by atoms with E-state index in [9.17, 15) is 18.8 Å². The molecule has 31 heavy (non-hydrogen) atoms. The lowest BCUT2D eigenvalue weighted by molar-refractivity contribution is -0.135. The lowest BCUT2D eigenvalue weighted by atomic mass is 10.0. The molecule has 3 amide bonds. The second-order valence-electron chi connectivity index (χ2n) is 8.22. The minimum atomic E-state index is -0.821. The maximum Gasteiger partial charge on any atom is 0.251 e. The Morgan fingerprint density at radius 3 is 2.06 bits per heavy atom. The molecular weight excluding hydrogens is 397 g/mol. The van der Waals surface area contributed by atoms with Gasteiger partial charge in [0.05, 0.1) is 6.54 Å². The summed E-state index contributed by atoms with van der Waals surface area (Å²) < 4.78 is 13.1. The predicted molar refractivity (Wildman–Crippen MR) is 119 cm³/mol. The van der Waals surface area contributed by atoms with Gasteiger partial charge in [0.15, 0.2) is 0 Å². The van der Waals surface area contributed by atoms with E-state index in [1.54, 1.807) is 13.8 Å². The number of nitrogens with zero attached hydrogens (tertiary/aromatic N) is 1. The van der Waals surface area contributed by atoms with Crippen LogP contribution in [-0.4, -0.2) is 42.3 Å². The lowest BCUT2D eigenvalue weighted by Gasteiger charge is -2.27. The van der Waals surface area contributed by atoms with E-state index in [0.29, 0.717) is 0 Å². The zero-order chi connectivity index (χ0) is 23.3. The molecule has 166 valence electrons. The summed E-state index contributed by atoms with van der Waals surface area (Å²) in [5.41, 5.74) is 4.00. The first kappa shape index (κ1) is 24.1. The largest absolute Gasteiger partial charge is 0.340 e. The Balaban J connectivity index is 2.05. The van der Waals surface area contributed by atoms with Crippen molar-refractivity contribution in [3.05, 3.63) is 64.5 Å². The number of rotatable bonds is 7. The number of anilines is 1. The summed E-state index contributed by atoms with van der Waals surface area (Å²) in [6.45, 7) is 9.29. The summed E-state index contributed by atoms with van der Waals surface area (Å²) in [5.74, 6) is -1.83. The smallest absolute Gasteiger partial charge is 0.251 e. The van der Waals surface area contributed by atoms with Gasteiger partial charge >= 0.3 is 0 Å². The number of halogens is 1. The van der Waals surface area contributed by atoms with Gasteiger partial charge in [0.2, 0.25) is 11.8 Å². The standard InChI is InChI=1S/C24H30FN3O3/c1-14(2)21(27-23(30)18-7-9-19(25)10-8-18)24(31)28(6)13-20(29)26-22-16(4)11-15(3)12-17(22)5/h7-12,14,21H,13H2,1-6H3,(H,26,29)(H,27,30). The predicted octanol–water partition coefficient (Wildman–Crippen LogP) is 3.60. The molecule has 0 saturated carbocycles. The quantitative estimate of drug-likeness (QED) is 0.709. The van der Waals surface area contributed by atoms with Crippen molar-refractivity contribution in [2.45, 2.75) is 40.7 Å². The van der Waals surface area contributed by atoms with Crippen LogP contribution in [0.5, 0.6) is 0 Å². The molecule has 1 atom stereocenters. The van der Waals surface area contributed by atoms with Crippen LogP contribution >= 0.6 is 0 Å². The number of benzene rings is 2. The van der Waals surface area contributed by atoms with Crippen LogP contribution in [0.4, 0.5) is 10.1 Å². The number of hydrogen-bond donors (Lipinski definition) is 2. The Morgan fingerprint density at radius 1 is 1.00 bits per heavy atom. The summed E-state index contributed by atoms with van der Waals surface area (Å²) in [6.07, 6.45) is 0. The van der Waals surface area contributed by atoms with Crippen LogP contribution in [0.1, 0.15) is 40.9 Å². The SMILES string of the molecule is Cc1cc(C)c(NC(=O)CN(C)C(=O)C(NC(=O)c2ccc(F)cc2)C(C)C)c(C)c1. The second kappa shape index (κ2) is 10.2. The number of hydrogen-bond acceptors (Lipinski definition) is 3. The Morgan fingerprint density at radius 2 is 1.55 bits per heavy atom. The fraction of sp³-hybridized carbons (Fsp3) is 0.375. The lowest BCUT2D eigenvalue weighted by Crippen LogP contribution is -2.51. The average molecular weight is 428 g/mol. The van der Waals surface area contributed by atoms with Crippen molar-refractivity contribution in [1.29, 1.82) is 0 Å². The van der Waals surface area contributed by atoms with Gasteiger partial charge in [-0.05, 0) is 62.1 Å². The van der Waals surface area contributed by atoms with Crippen LogP contribution in [0.25, 0.3) is 0 Å². The highest BCUT2D eigenvalue weighted by atomic mass is 19.1. The van der Waals surface area contributed by atoms with Gasteiger partial charge in [-0.25, -0.2) is 4.39 Å². The molecule has 0 aliphatic carbocycles. The van der Waals surface area contributed by atoms with Crippen LogP contribution in [0.2, 0.25) is 0 Å². The Bertz CT molecular complexity index is 948. The van der Waals surface area contributed by atoms with E-state index in [0.717, 1.165) is 22.4 Å². The van der Waals surface area contributed by atoms with E-state index < -0.39 is 17.8 Å². The van der Waals surface area contributed by atoms with Crippen molar-refractivity contribution in [3.8, 4) is 0 Å². The molecule has 0 fully saturated rings. The molecule has 7 heteroatoms. The number of likely N-dealkylation sites (N-methyl/N-ethyl adjacent to an activating group) is 1. The second-order valence-corrected chi connectivity index (χ2v) is 8.22. The molecule has 1 unspecified atom stereocenters. The van der Waals surface area contributed by atoms with Crippen LogP contribution in [0, 0.1) is 32.5 Å². The van der Waals surface area contributed by atoms with Crippen LogP contribution in [-0.2, 0) is 9.59 Å². The Kier molecular flexibility index (Phi) is 7.91. The van der Waals surface area contributed by atoms with Gasteiger partial charge in [0.1, 0.15) is 11.9 Å². The summed E-state index contributed by atoms with van der Waals surface area (Å²) in [5, 5.41) is 5.57. The molecular formula is C24H30FN3O3. The maximum atomic E-state index is 13.1. The highest BCUT2D eigenvalue weighted by Gasteiger charge is 2.28. The van der Waals surface area contributed by atoms with E-state index >= 15 is 0 Å². The van der Waals surface area contributed by atoms with Gasteiger partial charge in [-0.3, -0.25) is 14.4 Å². The fourth-order valence-corrected chi connectivity index (χ4v) is 3.43. The first-order chi connectivity index (χ1) is 14.5. The van der Waals surface area contributed by atoms with Gasteiger partial charge in [0, 0.05) is 18.3 Å². The topological polar surface area (TPSA) is 78.5 Å². The molecule has 2 N–H and O–H groups in total. The molecule has 0 aromatic heterocycles. The Hall–Kier alpha value is -3.22. The van der Waals surface area contributed by atoms with Gasteiger partial charge in [-0.2, -0.15) is 0 Å². The number of amides is 3. The van der Waals surface area contributed by atoms with E-state index in [1.807, 2.05) is 32.9 Å². The third kappa shape index (κ3) is 6.38. The maximum absolute atomic E-state index is 13.1. The van der Waals surface area contributed by atoms with Crippen LogP contribution in [0.3, 0.4) is 0 Å². The van der Waals surface area contributed by atoms with Crippen molar-refractivity contribution in [2.24, 2.45) is 5.92 Å². The minimum absolute atomic E-state index is 0.152. The van der Waals surface area contributed by atoms with E-state index in [-0.39, 0.29) is 29.8 Å². The molecule has 2 aromatic carbocycles. The van der Waals surface area contributed by atoms with E-state index in [2.05, 4.69) is 10.6 Å². The van der Waals surface area contributed by atoms with Gasteiger partial charge in [-0.15, -0.1) is 0 Å². The molecule has 2 rings (SSSR count). The monoisotopic (exact) mass is 427 g/mol. The zero-order valence-corrected chi connectivity index (χ0v) is 18.9. The normalized spacial score (nSPS) is 11.7. The minimum Gasteiger partial charge on any atom is -0.340 e. The first-order valence-corrected chi connectivity index (χ1v) is 10.2. The Labute approximate surface area is 182 Å². The highest BCUT2D eigenvalue weighted by Crippen LogP contribution is 2.21. The molecule has 0 radical (unpaired) electrons. The average Bonchev–Trinajstić information content (AvgIpc) is 2.68. The van der Waals surface area contributed by atoms with Crippen molar-refractivity contribution >= 4 is 23.4 Å². The van der Waals surface area contributed by atoms with Crippen LogP contribution < -0.4 is 10.6 Å². The third-order valence-electron chi connectivity index (χ3n) is 5.02. The van der Waals surface area contributed by atoms with E-state index in [1.165, 1.54) is 36.2 Å². The first-order valence-electron chi connectivity index (χ1n) is 10.2. The van der Waals surface area contributed by atoms with Crippen molar-refractivity contribution in [1.82, 2.24) is 10.2 Å². The summed E-state index contributed by atoms with van der Waals surface area (Å²) >= 11 is 0.